The van der Waals surface area contributed by atoms with Crippen LogP contribution in [0.25, 0.3) is 16.0 Å². The zero-order valence-electron chi connectivity index (χ0n) is 20.6. The second kappa shape index (κ2) is 10.1. The molecule has 0 unspecified atom stereocenters. The van der Waals surface area contributed by atoms with E-state index in [0.29, 0.717) is 29.0 Å². The minimum Gasteiger partial charge on any atom is -0.507 e. The first-order valence-corrected chi connectivity index (χ1v) is 12.8. The molecule has 1 saturated heterocycles. The van der Waals surface area contributed by atoms with Crippen LogP contribution in [0.3, 0.4) is 0 Å². The quantitative estimate of drug-likeness (QED) is 0.106. The molecule has 1 aliphatic rings. The van der Waals surface area contributed by atoms with Crippen LogP contribution in [0, 0.1) is 10.1 Å². The predicted octanol–water partition coefficient (Wildman–Crippen LogP) is 5.79. The second-order valence-electron chi connectivity index (χ2n) is 8.63. The molecular weight excluding hydrogens is 506 g/mol. The van der Waals surface area contributed by atoms with Gasteiger partial charge < -0.3 is 9.84 Å². The van der Waals surface area contributed by atoms with Crippen molar-refractivity contribution in [2.45, 2.75) is 26.3 Å². The first-order chi connectivity index (χ1) is 18.3. The van der Waals surface area contributed by atoms with E-state index in [2.05, 4.69) is 4.98 Å². The lowest BCUT2D eigenvalue weighted by atomic mass is 9.95. The Labute approximate surface area is 221 Å². The molecule has 192 valence electrons. The monoisotopic (exact) mass is 529 g/mol. The van der Waals surface area contributed by atoms with Gasteiger partial charge in [-0.1, -0.05) is 36.5 Å². The number of aliphatic hydroxyl groups is 1. The third-order valence-corrected chi connectivity index (χ3v) is 7.35. The average Bonchev–Trinajstić information content (AvgIpc) is 3.46. The Balaban J connectivity index is 1.70. The van der Waals surface area contributed by atoms with Gasteiger partial charge in [-0.15, -0.1) is 0 Å². The van der Waals surface area contributed by atoms with E-state index in [4.69, 9.17) is 4.74 Å². The summed E-state index contributed by atoms with van der Waals surface area (Å²) < 4.78 is 6.29. The summed E-state index contributed by atoms with van der Waals surface area (Å²) in [5.74, 6) is -1.58. The van der Waals surface area contributed by atoms with Gasteiger partial charge in [0.2, 0.25) is 0 Å². The van der Waals surface area contributed by atoms with Gasteiger partial charge in [0.1, 0.15) is 11.5 Å². The number of aliphatic hydroxyl groups excluding tert-OH is 1. The summed E-state index contributed by atoms with van der Waals surface area (Å²) in [6.45, 7) is 4.34. The van der Waals surface area contributed by atoms with E-state index in [0.717, 1.165) is 16.7 Å². The molecule has 1 amide bonds. The lowest BCUT2D eigenvalue weighted by Gasteiger charge is -2.22. The van der Waals surface area contributed by atoms with E-state index in [1.54, 1.807) is 30.3 Å². The maximum Gasteiger partial charge on any atom is 0.301 e. The first kappa shape index (κ1) is 25.1. The summed E-state index contributed by atoms with van der Waals surface area (Å²) in [7, 11) is 0. The van der Waals surface area contributed by atoms with Gasteiger partial charge in [0.25, 0.3) is 11.5 Å². The van der Waals surface area contributed by atoms with E-state index < -0.39 is 22.7 Å². The number of nitro benzene ring substituents is 1. The van der Waals surface area contributed by atoms with Crippen LogP contribution in [0.5, 0.6) is 5.75 Å². The summed E-state index contributed by atoms with van der Waals surface area (Å²) in [6.07, 6.45) is 0.823. The number of benzene rings is 3. The van der Waals surface area contributed by atoms with E-state index in [-0.39, 0.29) is 22.2 Å². The number of anilines is 1. The van der Waals surface area contributed by atoms with Crippen LogP contribution in [0.15, 0.2) is 72.3 Å². The topological polar surface area (TPSA) is 123 Å². The smallest absolute Gasteiger partial charge is 0.301 e. The molecule has 1 N–H and O–H groups in total. The van der Waals surface area contributed by atoms with Gasteiger partial charge in [-0.2, -0.15) is 0 Å². The van der Waals surface area contributed by atoms with Crippen molar-refractivity contribution in [1.82, 2.24) is 4.98 Å². The van der Waals surface area contributed by atoms with Crippen LogP contribution in [-0.4, -0.2) is 33.3 Å². The molecule has 2 heterocycles. The third-order valence-electron chi connectivity index (χ3n) is 6.34. The van der Waals surface area contributed by atoms with E-state index >= 15 is 0 Å². The van der Waals surface area contributed by atoms with E-state index in [9.17, 15) is 24.8 Å². The Hall–Kier alpha value is -4.57. The van der Waals surface area contributed by atoms with Crippen molar-refractivity contribution in [1.29, 1.82) is 0 Å². The van der Waals surface area contributed by atoms with Crippen molar-refractivity contribution in [3.05, 3.63) is 99.1 Å². The number of Topliss-reactive ketones (excluding diaryl/α,β-unsaturated/α-hetero) is 1. The second-order valence-corrected chi connectivity index (χ2v) is 9.64. The number of ketones is 1. The average molecular weight is 530 g/mol. The molecule has 1 aromatic heterocycles. The molecule has 0 radical (unpaired) electrons. The molecule has 0 bridgehead atoms. The van der Waals surface area contributed by atoms with Crippen LogP contribution in [0.4, 0.5) is 10.8 Å². The maximum absolute atomic E-state index is 13.4. The number of nitrogens with zero attached hydrogens (tertiary/aromatic N) is 3. The number of aromatic nitrogens is 1. The number of aryl methyl sites for hydroxylation is 1. The largest absolute Gasteiger partial charge is 0.507 e. The third kappa shape index (κ3) is 4.39. The van der Waals surface area contributed by atoms with Gasteiger partial charge in [0.15, 0.2) is 5.13 Å². The number of carbonyl (C=O) groups is 2. The summed E-state index contributed by atoms with van der Waals surface area (Å²) in [4.78, 5) is 43.6. The van der Waals surface area contributed by atoms with Gasteiger partial charge in [0.05, 0.1) is 33.4 Å². The molecule has 5 rings (SSSR count). The molecule has 1 atom stereocenters. The highest BCUT2D eigenvalue weighted by Gasteiger charge is 2.48. The first-order valence-electron chi connectivity index (χ1n) is 12.0. The summed E-state index contributed by atoms with van der Waals surface area (Å²) in [6, 6.07) is 16.8. The molecule has 9 nitrogen and oxygen atoms in total. The van der Waals surface area contributed by atoms with E-state index in [1.807, 2.05) is 32.0 Å². The van der Waals surface area contributed by atoms with Gasteiger partial charge in [-0.3, -0.25) is 24.6 Å². The van der Waals surface area contributed by atoms with Crippen molar-refractivity contribution in [3.63, 3.8) is 0 Å². The summed E-state index contributed by atoms with van der Waals surface area (Å²) in [5.41, 5.74) is 1.99. The van der Waals surface area contributed by atoms with Crippen molar-refractivity contribution < 1.29 is 24.4 Å². The van der Waals surface area contributed by atoms with Crippen molar-refractivity contribution >= 4 is 49.8 Å². The number of non-ortho nitro benzene ring substituents is 1. The van der Waals surface area contributed by atoms with Crippen LogP contribution < -0.4 is 9.64 Å². The lowest BCUT2D eigenvalue weighted by molar-refractivity contribution is -0.384. The Morgan fingerprint density at radius 1 is 1.11 bits per heavy atom. The SMILES string of the molecule is CCOc1ccc(C(O)=C2C(=O)C(=O)N(c3nc4ccc(CC)cc4s3)[C@@H]2c2cccc([N+](=O)[O-])c2)cc1. The highest BCUT2D eigenvalue weighted by Crippen LogP contribution is 2.45. The number of hydrogen-bond donors (Lipinski definition) is 1. The number of amides is 1. The zero-order valence-corrected chi connectivity index (χ0v) is 21.4. The number of hydrogen-bond acceptors (Lipinski definition) is 8. The Kier molecular flexibility index (Phi) is 6.64. The minimum absolute atomic E-state index is 0.173. The van der Waals surface area contributed by atoms with Gasteiger partial charge in [0, 0.05) is 17.7 Å². The highest BCUT2D eigenvalue weighted by atomic mass is 32.1. The maximum atomic E-state index is 13.4. The number of fused-ring (bicyclic) bond motifs is 1. The van der Waals surface area contributed by atoms with E-state index in [1.165, 1.54) is 34.4 Å². The number of thiazole rings is 1. The predicted molar refractivity (Wildman–Crippen MR) is 144 cm³/mol. The molecule has 0 saturated carbocycles. The van der Waals surface area contributed by atoms with Gasteiger partial charge in [-0.25, -0.2) is 4.98 Å². The van der Waals surface area contributed by atoms with Crippen LogP contribution in [0.2, 0.25) is 0 Å². The van der Waals surface area contributed by atoms with Crippen molar-refractivity contribution in [2.24, 2.45) is 0 Å². The normalized spacial score (nSPS) is 16.8. The summed E-state index contributed by atoms with van der Waals surface area (Å²) in [5, 5.41) is 23.1. The van der Waals surface area contributed by atoms with Crippen LogP contribution in [0.1, 0.15) is 36.6 Å². The zero-order chi connectivity index (χ0) is 27.0. The fourth-order valence-electron chi connectivity index (χ4n) is 4.46. The molecule has 0 aliphatic carbocycles. The highest BCUT2D eigenvalue weighted by molar-refractivity contribution is 7.22. The molecule has 1 aliphatic heterocycles. The Bertz CT molecular complexity index is 1610. The lowest BCUT2D eigenvalue weighted by Crippen LogP contribution is -2.29. The van der Waals surface area contributed by atoms with Crippen molar-refractivity contribution in [3.8, 4) is 5.75 Å². The standard InChI is InChI=1S/C28H23N3O6S/c1-3-16-8-13-21-22(14-16)38-28(29-21)30-24(18-6-5-7-19(15-18)31(35)36)23(26(33)27(30)34)25(32)17-9-11-20(12-10-17)37-4-2/h5-15,24,32H,3-4H2,1-2H3/t24-/m1/s1. The molecule has 1 fully saturated rings. The molecule has 10 heteroatoms. The number of carbonyl (C=O) groups excluding carboxylic acids is 2. The molecule has 0 spiro atoms. The van der Waals surface area contributed by atoms with Gasteiger partial charge >= 0.3 is 5.91 Å². The fraction of sp³-hybridized carbons (Fsp3) is 0.179. The molecule has 38 heavy (non-hydrogen) atoms. The number of rotatable bonds is 7. The number of ether oxygens (including phenoxy) is 1. The Morgan fingerprint density at radius 2 is 1.87 bits per heavy atom. The van der Waals surface area contributed by atoms with Crippen molar-refractivity contribution in [2.75, 3.05) is 11.5 Å². The van der Waals surface area contributed by atoms with Crippen LogP contribution >= 0.6 is 11.3 Å². The summed E-state index contributed by atoms with van der Waals surface area (Å²) >= 11 is 1.24. The minimum atomic E-state index is -1.12. The number of nitro groups is 1. The van der Waals surface area contributed by atoms with Gasteiger partial charge in [-0.05, 0) is 60.9 Å². The molecule has 4 aromatic rings. The van der Waals surface area contributed by atoms with Crippen LogP contribution in [-0.2, 0) is 16.0 Å². The molecule has 3 aromatic carbocycles. The molecular formula is C28H23N3O6S. The fourth-order valence-corrected chi connectivity index (χ4v) is 5.52. The Morgan fingerprint density at radius 3 is 2.55 bits per heavy atom.